The van der Waals surface area contributed by atoms with Gasteiger partial charge in [0.1, 0.15) is 6.23 Å². The average Bonchev–Trinajstić information content (AvgIpc) is 2.92. The van der Waals surface area contributed by atoms with Crippen molar-refractivity contribution in [1.29, 1.82) is 0 Å². The molecule has 0 bridgehead atoms. The van der Waals surface area contributed by atoms with E-state index in [4.69, 9.17) is 5.73 Å². The van der Waals surface area contributed by atoms with E-state index in [1.807, 2.05) is 30.1 Å². The maximum absolute atomic E-state index is 13.6. The second-order valence-corrected chi connectivity index (χ2v) is 6.03. The molecule has 3 N–H and O–H groups in total. The van der Waals surface area contributed by atoms with Crippen LogP contribution in [0.1, 0.15) is 22.5 Å². The van der Waals surface area contributed by atoms with Gasteiger partial charge in [0.05, 0.1) is 11.6 Å². The van der Waals surface area contributed by atoms with E-state index < -0.39 is 18.0 Å². The quantitative estimate of drug-likeness (QED) is 0.815. The smallest absolute Gasteiger partial charge is 0.270 e. The van der Waals surface area contributed by atoms with E-state index in [-0.39, 0.29) is 11.6 Å². The summed E-state index contributed by atoms with van der Waals surface area (Å²) in [5, 5.41) is 10.0. The number of nitrogens with zero attached hydrogens (tertiary/aromatic N) is 2. The highest BCUT2D eigenvalue weighted by atomic mass is 19.1. The van der Waals surface area contributed by atoms with Gasteiger partial charge in [-0.25, -0.2) is 9.37 Å². The van der Waals surface area contributed by atoms with Crippen molar-refractivity contribution in [1.82, 2.24) is 9.88 Å². The zero-order valence-corrected chi connectivity index (χ0v) is 13.7. The van der Waals surface area contributed by atoms with Crippen LogP contribution in [0.4, 0.5) is 4.39 Å². The van der Waals surface area contributed by atoms with Gasteiger partial charge in [-0.1, -0.05) is 24.0 Å². The van der Waals surface area contributed by atoms with Crippen molar-refractivity contribution in [2.45, 2.75) is 12.6 Å². The number of nitrogens with two attached hydrogens (primary N) is 1. The van der Waals surface area contributed by atoms with Crippen LogP contribution >= 0.6 is 0 Å². The van der Waals surface area contributed by atoms with E-state index in [2.05, 4.69) is 16.8 Å². The van der Waals surface area contributed by atoms with Gasteiger partial charge in [-0.15, -0.1) is 0 Å². The SMILES string of the molecule is CN1CCC(C#Cc2cccc(-c3ccc(F)c(C(N)=O)n3)c2)C1O. The van der Waals surface area contributed by atoms with Gasteiger partial charge >= 0.3 is 0 Å². The summed E-state index contributed by atoms with van der Waals surface area (Å²) in [7, 11) is 1.86. The minimum atomic E-state index is -0.908. The van der Waals surface area contributed by atoms with E-state index in [1.165, 1.54) is 12.1 Å². The third kappa shape index (κ3) is 3.68. The zero-order valence-electron chi connectivity index (χ0n) is 13.7. The Hall–Kier alpha value is -2.75. The highest BCUT2D eigenvalue weighted by molar-refractivity contribution is 5.91. The first-order valence-corrected chi connectivity index (χ1v) is 7.92. The van der Waals surface area contributed by atoms with E-state index in [0.717, 1.165) is 18.5 Å². The summed E-state index contributed by atoms with van der Waals surface area (Å²) in [6, 6.07) is 9.93. The van der Waals surface area contributed by atoms with Crippen LogP contribution in [0.3, 0.4) is 0 Å². The monoisotopic (exact) mass is 339 g/mol. The molecule has 1 saturated heterocycles. The lowest BCUT2D eigenvalue weighted by molar-refractivity contribution is 0.0391. The summed E-state index contributed by atoms with van der Waals surface area (Å²) in [5.74, 6) is 4.43. The van der Waals surface area contributed by atoms with Gasteiger partial charge in [-0.05, 0) is 37.7 Å². The lowest BCUT2D eigenvalue weighted by Crippen LogP contribution is -2.28. The molecule has 2 unspecified atom stereocenters. The van der Waals surface area contributed by atoms with Crippen LogP contribution < -0.4 is 5.73 Å². The number of aromatic nitrogens is 1. The van der Waals surface area contributed by atoms with Crippen LogP contribution in [0.25, 0.3) is 11.3 Å². The molecule has 0 saturated carbocycles. The Balaban J connectivity index is 1.88. The molecule has 2 heterocycles. The van der Waals surface area contributed by atoms with E-state index in [0.29, 0.717) is 11.3 Å². The van der Waals surface area contributed by atoms with Crippen LogP contribution in [0, 0.1) is 23.6 Å². The number of hydrogen-bond acceptors (Lipinski definition) is 4. The predicted molar refractivity (Wildman–Crippen MR) is 91.8 cm³/mol. The summed E-state index contributed by atoms with van der Waals surface area (Å²) < 4.78 is 13.6. The molecule has 0 spiro atoms. The topological polar surface area (TPSA) is 79.5 Å². The maximum atomic E-state index is 13.6. The number of carbonyl (C=O) groups excluding carboxylic acids is 1. The Bertz CT molecular complexity index is 872. The molecule has 6 heteroatoms. The number of aliphatic hydroxyl groups excluding tert-OH is 1. The van der Waals surface area contributed by atoms with Crippen molar-refractivity contribution >= 4 is 5.91 Å². The number of amides is 1. The molecule has 3 rings (SSSR count). The summed E-state index contributed by atoms with van der Waals surface area (Å²) in [5.41, 5.74) is 6.66. The highest BCUT2D eigenvalue weighted by Crippen LogP contribution is 2.22. The minimum absolute atomic E-state index is 0.0842. The lowest BCUT2D eigenvalue weighted by atomic mass is 10.0. The summed E-state index contributed by atoms with van der Waals surface area (Å²) >= 11 is 0. The van der Waals surface area contributed by atoms with Gasteiger partial charge in [0, 0.05) is 17.7 Å². The fourth-order valence-corrected chi connectivity index (χ4v) is 2.79. The molecule has 1 aromatic heterocycles. The van der Waals surface area contributed by atoms with E-state index in [9.17, 15) is 14.3 Å². The number of aliphatic hydroxyl groups is 1. The van der Waals surface area contributed by atoms with Crippen molar-refractivity contribution in [3.63, 3.8) is 0 Å². The van der Waals surface area contributed by atoms with Gasteiger partial charge in [0.25, 0.3) is 5.91 Å². The van der Waals surface area contributed by atoms with Crippen LogP contribution in [0.2, 0.25) is 0 Å². The molecule has 1 amide bonds. The van der Waals surface area contributed by atoms with Crippen molar-refractivity contribution in [3.05, 3.63) is 53.5 Å². The number of pyridine rings is 1. The number of rotatable bonds is 2. The molecular formula is C19H18FN3O2. The second-order valence-electron chi connectivity index (χ2n) is 6.03. The second kappa shape index (κ2) is 7.01. The number of hydrogen-bond donors (Lipinski definition) is 2. The molecule has 5 nitrogen and oxygen atoms in total. The Labute approximate surface area is 145 Å². The Morgan fingerprint density at radius 3 is 2.88 bits per heavy atom. The molecular weight excluding hydrogens is 321 g/mol. The fraction of sp³-hybridized carbons (Fsp3) is 0.263. The molecule has 2 aromatic rings. The molecule has 128 valence electrons. The third-order valence-electron chi connectivity index (χ3n) is 4.24. The summed E-state index contributed by atoms with van der Waals surface area (Å²) in [4.78, 5) is 17.1. The van der Waals surface area contributed by atoms with Gasteiger partial charge in [0.15, 0.2) is 11.5 Å². The molecule has 2 atom stereocenters. The molecule has 1 aliphatic heterocycles. The number of carbonyl (C=O) groups is 1. The molecule has 1 aliphatic rings. The van der Waals surface area contributed by atoms with Gasteiger partial charge in [0.2, 0.25) is 0 Å². The number of benzene rings is 1. The number of halogens is 1. The Kier molecular flexibility index (Phi) is 4.79. The van der Waals surface area contributed by atoms with E-state index in [1.54, 1.807) is 6.07 Å². The highest BCUT2D eigenvalue weighted by Gasteiger charge is 2.28. The van der Waals surface area contributed by atoms with Crippen molar-refractivity contribution in [2.75, 3.05) is 13.6 Å². The standard InChI is InChI=1S/C19H18FN3O2/c1-23-10-9-13(19(23)25)6-5-12-3-2-4-14(11-12)16-8-7-15(20)17(22-16)18(21)24/h2-4,7-8,11,13,19,25H,9-10H2,1H3,(H2,21,24). The Morgan fingerprint density at radius 2 is 2.20 bits per heavy atom. The molecule has 1 aromatic carbocycles. The first-order chi connectivity index (χ1) is 12.0. The molecule has 25 heavy (non-hydrogen) atoms. The minimum Gasteiger partial charge on any atom is -0.377 e. The molecule has 0 radical (unpaired) electrons. The van der Waals surface area contributed by atoms with Crippen molar-refractivity contribution in [2.24, 2.45) is 11.7 Å². The largest absolute Gasteiger partial charge is 0.377 e. The number of primary amides is 1. The first kappa shape index (κ1) is 17.1. The molecule has 0 aliphatic carbocycles. The number of likely N-dealkylation sites (tertiary alicyclic amines) is 1. The summed E-state index contributed by atoms with van der Waals surface area (Å²) in [6.07, 6.45) is 0.277. The summed E-state index contributed by atoms with van der Waals surface area (Å²) in [6.45, 7) is 0.815. The fourth-order valence-electron chi connectivity index (χ4n) is 2.79. The van der Waals surface area contributed by atoms with Gasteiger partial charge < -0.3 is 10.8 Å². The normalized spacial score (nSPS) is 20.1. The van der Waals surface area contributed by atoms with E-state index >= 15 is 0 Å². The average molecular weight is 339 g/mol. The lowest BCUT2D eigenvalue weighted by Gasteiger charge is -2.14. The van der Waals surface area contributed by atoms with Gasteiger partial charge in [-0.2, -0.15) is 0 Å². The maximum Gasteiger partial charge on any atom is 0.270 e. The van der Waals surface area contributed by atoms with Crippen molar-refractivity contribution < 1.29 is 14.3 Å². The van der Waals surface area contributed by atoms with Crippen LogP contribution in [-0.2, 0) is 0 Å². The van der Waals surface area contributed by atoms with Crippen LogP contribution in [0.15, 0.2) is 36.4 Å². The first-order valence-electron chi connectivity index (χ1n) is 7.92. The van der Waals surface area contributed by atoms with Crippen LogP contribution in [0.5, 0.6) is 0 Å². The predicted octanol–water partition coefficient (Wildman–Crippen LogP) is 1.61. The third-order valence-corrected chi connectivity index (χ3v) is 4.24. The zero-order chi connectivity index (χ0) is 18.0. The van der Waals surface area contributed by atoms with Crippen molar-refractivity contribution in [3.8, 4) is 23.1 Å². The van der Waals surface area contributed by atoms with Crippen LogP contribution in [-0.4, -0.2) is 40.7 Å². The van der Waals surface area contributed by atoms with Gasteiger partial charge in [-0.3, -0.25) is 9.69 Å². The molecule has 1 fully saturated rings. The Morgan fingerprint density at radius 1 is 1.40 bits per heavy atom.